The highest BCUT2D eigenvalue weighted by Gasteiger charge is 2.23. The molecule has 0 nitrogen and oxygen atoms in total. The van der Waals surface area contributed by atoms with E-state index in [0.717, 1.165) is 5.25 Å². The van der Waals surface area contributed by atoms with Crippen LogP contribution in [-0.2, 0) is 0 Å². The third-order valence-electron chi connectivity index (χ3n) is 1.50. The van der Waals surface area contributed by atoms with E-state index >= 15 is 0 Å². The molecule has 2 rings (SSSR count). The number of rotatable bonds is 1. The maximum absolute atomic E-state index is 2.20. The molecule has 0 saturated carbocycles. The molecule has 0 unspecified atom stereocenters. The summed E-state index contributed by atoms with van der Waals surface area (Å²) < 4.78 is 0. The number of hydrogen-bond acceptors (Lipinski definition) is 1. The van der Waals surface area contributed by atoms with Gasteiger partial charge in [-0.3, -0.25) is 0 Å². The van der Waals surface area contributed by atoms with Gasteiger partial charge in [-0.1, -0.05) is 30.3 Å². The van der Waals surface area contributed by atoms with Crippen LogP contribution in [0.1, 0.15) is 10.8 Å². The molecule has 1 heteroatoms. The monoisotopic (exact) mass is 136 g/mol. The predicted molar refractivity (Wildman–Crippen MR) is 41.6 cm³/mol. The van der Waals surface area contributed by atoms with Crippen LogP contribution in [0.3, 0.4) is 0 Å². The fraction of sp³-hybridized carbons (Fsp3) is 0.250. The Labute approximate surface area is 59.3 Å². The van der Waals surface area contributed by atoms with E-state index in [1.165, 1.54) is 11.3 Å². The average molecular weight is 136 g/mol. The minimum absolute atomic E-state index is 0.825. The summed E-state index contributed by atoms with van der Waals surface area (Å²) in [5.74, 6) is 1.32. The van der Waals surface area contributed by atoms with E-state index < -0.39 is 0 Å². The second-order valence-electron chi connectivity index (χ2n) is 2.23. The Kier molecular flexibility index (Phi) is 1.23. The maximum atomic E-state index is 2.20. The number of benzene rings is 1. The topological polar surface area (TPSA) is 0 Å². The molecule has 1 aromatic rings. The van der Waals surface area contributed by atoms with Crippen molar-refractivity contribution in [1.82, 2.24) is 0 Å². The minimum Gasteiger partial charge on any atom is -0.151 e. The average Bonchev–Trinajstić information content (AvgIpc) is 2.71. The van der Waals surface area contributed by atoms with Crippen LogP contribution >= 0.6 is 11.8 Å². The number of hydrogen-bond donors (Lipinski definition) is 0. The summed E-state index contributed by atoms with van der Waals surface area (Å²) in [6.07, 6.45) is 0. The molecule has 1 heterocycles. The molecule has 1 saturated heterocycles. The van der Waals surface area contributed by atoms with Gasteiger partial charge in [0.05, 0.1) is 0 Å². The first-order valence-corrected chi connectivity index (χ1v) is 4.18. The largest absolute Gasteiger partial charge is 0.151 e. The molecule has 1 aliphatic rings. The lowest BCUT2D eigenvalue weighted by Crippen LogP contribution is -1.74. The molecule has 46 valence electrons. The lowest BCUT2D eigenvalue weighted by atomic mass is 10.2. The van der Waals surface area contributed by atoms with Crippen molar-refractivity contribution < 1.29 is 0 Å². The van der Waals surface area contributed by atoms with Gasteiger partial charge in [-0.25, -0.2) is 0 Å². The number of thioether (sulfide) groups is 1. The van der Waals surface area contributed by atoms with Crippen molar-refractivity contribution in [3.63, 3.8) is 0 Å². The normalized spacial score (nSPS) is 23.8. The van der Waals surface area contributed by atoms with Gasteiger partial charge in [0, 0.05) is 11.0 Å². The van der Waals surface area contributed by atoms with Crippen molar-refractivity contribution in [1.29, 1.82) is 0 Å². The molecule has 0 amide bonds. The zero-order valence-corrected chi connectivity index (χ0v) is 5.90. The molecule has 0 spiro atoms. The molecule has 1 atom stereocenters. The molecule has 0 aliphatic carbocycles. The van der Waals surface area contributed by atoms with Gasteiger partial charge in [-0.2, -0.15) is 11.8 Å². The Morgan fingerprint density at radius 1 is 1.22 bits per heavy atom. The molecule has 9 heavy (non-hydrogen) atoms. The second-order valence-corrected chi connectivity index (χ2v) is 3.47. The smallest absolute Gasteiger partial charge is 0.0388 e. The Hall–Kier alpha value is -0.430. The van der Waals surface area contributed by atoms with E-state index in [1.807, 2.05) is 11.8 Å². The molecular weight excluding hydrogens is 128 g/mol. The molecule has 1 aliphatic heterocycles. The van der Waals surface area contributed by atoms with Crippen LogP contribution in [0.5, 0.6) is 0 Å². The zero-order valence-electron chi connectivity index (χ0n) is 5.08. The Morgan fingerprint density at radius 2 is 1.89 bits per heavy atom. The van der Waals surface area contributed by atoms with Crippen LogP contribution < -0.4 is 0 Å². The molecule has 1 aromatic carbocycles. The minimum atomic E-state index is 0.825. The summed E-state index contributed by atoms with van der Waals surface area (Å²) in [6.45, 7) is 0. The van der Waals surface area contributed by atoms with E-state index in [2.05, 4.69) is 30.3 Å². The molecular formula is C8H8S. The van der Waals surface area contributed by atoms with Crippen molar-refractivity contribution in [3.05, 3.63) is 35.9 Å². The van der Waals surface area contributed by atoms with Crippen LogP contribution in [0.4, 0.5) is 0 Å². The van der Waals surface area contributed by atoms with Gasteiger partial charge in [-0.15, -0.1) is 0 Å². The molecule has 0 aromatic heterocycles. The second kappa shape index (κ2) is 2.07. The van der Waals surface area contributed by atoms with Crippen molar-refractivity contribution >= 4 is 11.8 Å². The van der Waals surface area contributed by atoms with Gasteiger partial charge < -0.3 is 0 Å². The standard InChI is InChI=1S/C8H8S/c1-2-4-7(5-3-1)8-6-9-8/h1-5,8H,6H2/t8-/m1/s1. The summed E-state index contributed by atoms with van der Waals surface area (Å²) >= 11 is 2.02. The third-order valence-corrected chi connectivity index (χ3v) is 2.44. The SMILES string of the molecule is c1ccc([C@H]2CS2)cc1. The Bertz CT molecular complexity index is 189. The first-order valence-electron chi connectivity index (χ1n) is 3.13. The van der Waals surface area contributed by atoms with E-state index in [1.54, 1.807) is 0 Å². The van der Waals surface area contributed by atoms with Gasteiger partial charge in [0.2, 0.25) is 0 Å². The van der Waals surface area contributed by atoms with Crippen LogP contribution in [-0.4, -0.2) is 5.75 Å². The van der Waals surface area contributed by atoms with E-state index in [0.29, 0.717) is 0 Å². The van der Waals surface area contributed by atoms with Gasteiger partial charge in [0.25, 0.3) is 0 Å². The highest BCUT2D eigenvalue weighted by atomic mass is 32.2. The molecule has 0 N–H and O–H groups in total. The van der Waals surface area contributed by atoms with Gasteiger partial charge in [0.1, 0.15) is 0 Å². The quantitative estimate of drug-likeness (QED) is 0.534. The van der Waals surface area contributed by atoms with Crippen LogP contribution in [0.2, 0.25) is 0 Å². The molecule has 0 radical (unpaired) electrons. The first-order chi connectivity index (χ1) is 4.47. The van der Waals surface area contributed by atoms with E-state index in [-0.39, 0.29) is 0 Å². The van der Waals surface area contributed by atoms with Crippen molar-refractivity contribution in [2.24, 2.45) is 0 Å². The third kappa shape index (κ3) is 1.11. The molecule has 1 fully saturated rings. The Balaban J connectivity index is 2.29. The van der Waals surface area contributed by atoms with Crippen molar-refractivity contribution in [3.8, 4) is 0 Å². The lowest BCUT2D eigenvalue weighted by Gasteiger charge is -1.90. The van der Waals surface area contributed by atoms with Crippen LogP contribution in [0, 0.1) is 0 Å². The van der Waals surface area contributed by atoms with Gasteiger partial charge in [0.15, 0.2) is 0 Å². The summed E-state index contributed by atoms with van der Waals surface area (Å²) in [6, 6.07) is 10.7. The molecule has 0 bridgehead atoms. The Morgan fingerprint density at radius 3 is 2.44 bits per heavy atom. The fourth-order valence-electron chi connectivity index (χ4n) is 0.908. The maximum Gasteiger partial charge on any atom is 0.0388 e. The van der Waals surface area contributed by atoms with Crippen LogP contribution in [0.25, 0.3) is 0 Å². The van der Waals surface area contributed by atoms with Gasteiger partial charge >= 0.3 is 0 Å². The van der Waals surface area contributed by atoms with E-state index in [9.17, 15) is 0 Å². The lowest BCUT2D eigenvalue weighted by molar-refractivity contribution is 1.23. The summed E-state index contributed by atoms with van der Waals surface area (Å²) in [5, 5.41) is 0.825. The summed E-state index contributed by atoms with van der Waals surface area (Å²) in [4.78, 5) is 0. The van der Waals surface area contributed by atoms with Gasteiger partial charge in [-0.05, 0) is 5.56 Å². The summed E-state index contributed by atoms with van der Waals surface area (Å²) in [5.41, 5.74) is 1.49. The zero-order chi connectivity index (χ0) is 6.10. The highest BCUT2D eigenvalue weighted by Crippen LogP contribution is 2.45. The highest BCUT2D eigenvalue weighted by molar-refractivity contribution is 8.06. The van der Waals surface area contributed by atoms with E-state index in [4.69, 9.17) is 0 Å². The summed E-state index contributed by atoms with van der Waals surface area (Å²) in [7, 11) is 0. The van der Waals surface area contributed by atoms with Crippen molar-refractivity contribution in [2.75, 3.05) is 5.75 Å². The van der Waals surface area contributed by atoms with Crippen molar-refractivity contribution in [2.45, 2.75) is 5.25 Å². The fourth-order valence-corrected chi connectivity index (χ4v) is 1.55. The van der Waals surface area contributed by atoms with Crippen LogP contribution in [0.15, 0.2) is 30.3 Å². The predicted octanol–water partition coefficient (Wildman–Crippen LogP) is 2.47. The first kappa shape index (κ1) is 5.36.